The smallest absolute Gasteiger partial charge is 0.352 e. The molecule has 0 spiro atoms. The van der Waals surface area contributed by atoms with Crippen LogP contribution in [-0.4, -0.2) is 57.1 Å². The molecule has 2 heterocycles. The minimum Gasteiger partial charge on any atom is -0.477 e. The number of aliphatic carboxylic acids is 1. The van der Waals surface area contributed by atoms with Crippen LogP contribution in [0.5, 0.6) is 0 Å². The average Bonchev–Trinajstić information content (AvgIpc) is 2.42. The van der Waals surface area contributed by atoms with E-state index in [9.17, 15) is 19.5 Å². The Balaban J connectivity index is 2.40. The van der Waals surface area contributed by atoms with Crippen molar-refractivity contribution < 1.29 is 24.2 Å². The Labute approximate surface area is 127 Å². The van der Waals surface area contributed by atoms with Crippen LogP contribution < -0.4 is 5.32 Å². The summed E-state index contributed by atoms with van der Waals surface area (Å²) in [5.74, 6) is -1.69. The predicted octanol–water partition coefficient (Wildman–Crippen LogP) is 0.114. The third-order valence-electron chi connectivity index (χ3n) is 3.16. The third kappa shape index (κ3) is 2.04. The molecular weight excluding hydrogens is 352 g/mol. The number of carbonyl (C=O) groups is 3. The van der Waals surface area contributed by atoms with E-state index in [4.69, 9.17) is 4.74 Å². The number of carboxylic acid groups (broad SMARTS) is 1. The molecule has 110 valence electrons. The van der Waals surface area contributed by atoms with Gasteiger partial charge in [0.25, 0.3) is 11.6 Å². The molecule has 7 nitrogen and oxygen atoms in total. The highest BCUT2D eigenvalue weighted by atomic mass is 79.9. The van der Waals surface area contributed by atoms with E-state index < -0.39 is 28.9 Å². The second-order valence-corrected chi connectivity index (χ2v) is 5.98. The molecule has 2 aliphatic heterocycles. The normalized spacial score (nSPS) is 28.9. The lowest BCUT2D eigenvalue weighted by atomic mass is 9.98. The molecule has 1 saturated heterocycles. The first kappa shape index (κ1) is 15.3. The Morgan fingerprint density at radius 2 is 2.30 bits per heavy atom. The summed E-state index contributed by atoms with van der Waals surface area (Å²) in [4.78, 5) is 36.1. The molecule has 9 heteroatoms. The first-order chi connectivity index (χ1) is 9.39. The summed E-state index contributed by atoms with van der Waals surface area (Å²) in [5.41, 5.74) is -0.886. The summed E-state index contributed by atoms with van der Waals surface area (Å²) in [7, 11) is 1.32. The number of amides is 2. The number of nitrogens with zero attached hydrogens (tertiary/aromatic N) is 1. The molecule has 2 N–H and O–H groups in total. The zero-order chi connectivity index (χ0) is 15.1. The maximum atomic E-state index is 12.3. The topological polar surface area (TPSA) is 95.9 Å². The number of carboxylic acids is 1. The van der Waals surface area contributed by atoms with Crippen molar-refractivity contribution in [3.8, 4) is 0 Å². The van der Waals surface area contributed by atoms with Gasteiger partial charge < -0.3 is 15.2 Å². The van der Waals surface area contributed by atoms with Gasteiger partial charge in [-0.15, -0.1) is 11.8 Å². The molecule has 2 amide bonds. The zero-order valence-corrected chi connectivity index (χ0v) is 13.2. The maximum Gasteiger partial charge on any atom is 0.352 e. The highest BCUT2D eigenvalue weighted by Crippen LogP contribution is 2.46. The van der Waals surface area contributed by atoms with E-state index in [0.717, 1.165) is 0 Å². The molecule has 0 saturated carbocycles. The largest absolute Gasteiger partial charge is 0.477 e. The van der Waals surface area contributed by atoms with Gasteiger partial charge >= 0.3 is 5.97 Å². The molecule has 0 aromatic rings. The zero-order valence-electron chi connectivity index (χ0n) is 10.8. The number of thioether (sulfide) groups is 1. The number of fused-ring (bicyclic) bond motifs is 1. The lowest BCUT2D eigenvalue weighted by molar-refractivity contribution is -0.192. The fourth-order valence-electron chi connectivity index (χ4n) is 2.31. The molecule has 0 radical (unpaired) electrons. The van der Waals surface area contributed by atoms with Crippen molar-refractivity contribution in [2.24, 2.45) is 0 Å². The van der Waals surface area contributed by atoms with Crippen molar-refractivity contribution in [1.29, 1.82) is 0 Å². The molecule has 0 bridgehead atoms. The number of rotatable bonds is 4. The van der Waals surface area contributed by atoms with Crippen molar-refractivity contribution in [2.75, 3.05) is 18.2 Å². The van der Waals surface area contributed by atoms with Crippen molar-refractivity contribution in [3.63, 3.8) is 0 Å². The monoisotopic (exact) mass is 364 g/mol. The lowest BCUT2D eigenvalue weighted by Gasteiger charge is -2.55. The summed E-state index contributed by atoms with van der Waals surface area (Å²) >= 11 is 4.58. The number of β-lactam (4-membered cyclic amide) rings is 1. The SMILES string of the molecule is CO[C@@]1(NC(C)=O)C(=O)N2C(C(=O)O)=C(CBr)CS[C@@H]21. The van der Waals surface area contributed by atoms with Gasteiger partial charge in [-0.2, -0.15) is 0 Å². The Morgan fingerprint density at radius 1 is 1.65 bits per heavy atom. The first-order valence-corrected chi connectivity index (χ1v) is 7.86. The van der Waals surface area contributed by atoms with Gasteiger partial charge in [-0.05, 0) is 5.57 Å². The standard InChI is InChI=1S/C11H13BrN2O5S/c1-5(15)13-11(19-2)9(18)14-7(8(16)17)6(3-12)4-20-10(11)14/h10H,3-4H2,1-2H3,(H,13,15)(H,16,17)/t10-,11+/m1/s1. The molecule has 0 aromatic carbocycles. The quantitative estimate of drug-likeness (QED) is 0.417. The molecule has 2 aliphatic rings. The second-order valence-electron chi connectivity index (χ2n) is 4.35. The summed E-state index contributed by atoms with van der Waals surface area (Å²) < 4.78 is 5.19. The van der Waals surface area contributed by atoms with Gasteiger partial charge in [0, 0.05) is 25.1 Å². The van der Waals surface area contributed by atoms with E-state index in [1.54, 1.807) is 0 Å². The van der Waals surface area contributed by atoms with Gasteiger partial charge in [-0.3, -0.25) is 14.5 Å². The summed E-state index contributed by atoms with van der Waals surface area (Å²) in [6.07, 6.45) is 0. The van der Waals surface area contributed by atoms with Crippen molar-refractivity contribution >= 4 is 45.5 Å². The van der Waals surface area contributed by atoms with E-state index in [1.165, 1.54) is 30.7 Å². The molecule has 0 aromatic heterocycles. The lowest BCUT2D eigenvalue weighted by Crippen LogP contribution is -2.80. The number of alkyl halides is 1. The van der Waals surface area contributed by atoms with Crippen LogP contribution >= 0.6 is 27.7 Å². The van der Waals surface area contributed by atoms with Crippen LogP contribution in [0.2, 0.25) is 0 Å². The number of carbonyl (C=O) groups excluding carboxylic acids is 2. The Kier molecular flexibility index (Phi) is 4.12. The van der Waals surface area contributed by atoms with Crippen LogP contribution in [0.1, 0.15) is 6.92 Å². The number of ether oxygens (including phenoxy) is 1. The van der Waals surface area contributed by atoms with Crippen LogP contribution in [0.15, 0.2) is 11.3 Å². The van der Waals surface area contributed by atoms with Gasteiger partial charge in [0.15, 0.2) is 0 Å². The van der Waals surface area contributed by atoms with Gasteiger partial charge in [0.1, 0.15) is 11.1 Å². The molecule has 20 heavy (non-hydrogen) atoms. The fourth-order valence-corrected chi connectivity index (χ4v) is 4.47. The average molecular weight is 365 g/mol. The molecule has 1 fully saturated rings. The Morgan fingerprint density at radius 3 is 2.75 bits per heavy atom. The number of nitrogens with one attached hydrogen (secondary N) is 1. The van der Waals surface area contributed by atoms with E-state index in [0.29, 0.717) is 16.7 Å². The van der Waals surface area contributed by atoms with E-state index >= 15 is 0 Å². The third-order valence-corrected chi connectivity index (χ3v) is 5.21. The van der Waals surface area contributed by atoms with E-state index in [1.807, 2.05) is 0 Å². The molecular formula is C11H13BrN2O5S. The highest BCUT2D eigenvalue weighted by molar-refractivity contribution is 9.09. The van der Waals surface area contributed by atoms with Crippen LogP contribution in [0, 0.1) is 0 Å². The number of hydrogen-bond donors (Lipinski definition) is 2. The first-order valence-electron chi connectivity index (χ1n) is 5.69. The predicted molar refractivity (Wildman–Crippen MR) is 75.1 cm³/mol. The fraction of sp³-hybridized carbons (Fsp3) is 0.545. The van der Waals surface area contributed by atoms with Gasteiger partial charge in [-0.1, -0.05) is 15.9 Å². The van der Waals surface area contributed by atoms with E-state index in [2.05, 4.69) is 21.2 Å². The van der Waals surface area contributed by atoms with E-state index in [-0.39, 0.29) is 5.70 Å². The van der Waals surface area contributed by atoms with Crippen molar-refractivity contribution in [3.05, 3.63) is 11.3 Å². The summed E-state index contributed by atoms with van der Waals surface area (Å²) in [6.45, 7) is 1.28. The molecule has 2 rings (SSSR count). The Hall–Kier alpha value is -1.06. The number of methoxy groups -OCH3 is 1. The van der Waals surface area contributed by atoms with Crippen LogP contribution in [0.4, 0.5) is 0 Å². The highest BCUT2D eigenvalue weighted by Gasteiger charge is 2.66. The minimum absolute atomic E-state index is 0.0337. The minimum atomic E-state index is -1.48. The van der Waals surface area contributed by atoms with Gasteiger partial charge in [0.2, 0.25) is 5.91 Å². The summed E-state index contributed by atoms with van der Waals surface area (Å²) in [6, 6.07) is 0. The van der Waals surface area contributed by atoms with Crippen LogP contribution in [0.3, 0.4) is 0 Å². The van der Waals surface area contributed by atoms with Gasteiger partial charge in [-0.25, -0.2) is 4.79 Å². The molecule has 0 aliphatic carbocycles. The van der Waals surface area contributed by atoms with Crippen molar-refractivity contribution in [2.45, 2.75) is 18.0 Å². The second kappa shape index (κ2) is 5.38. The maximum absolute atomic E-state index is 12.3. The number of hydrogen-bond acceptors (Lipinski definition) is 5. The number of halogens is 1. The van der Waals surface area contributed by atoms with Crippen LogP contribution in [-0.2, 0) is 19.1 Å². The van der Waals surface area contributed by atoms with Crippen LogP contribution in [0.25, 0.3) is 0 Å². The van der Waals surface area contributed by atoms with Crippen molar-refractivity contribution in [1.82, 2.24) is 10.2 Å². The van der Waals surface area contributed by atoms with Gasteiger partial charge in [0.05, 0.1) is 0 Å². The molecule has 2 atom stereocenters. The summed E-state index contributed by atoms with van der Waals surface area (Å²) in [5, 5.41) is 11.6. The Bertz CT molecular complexity index is 523. The molecule has 0 unspecified atom stereocenters.